The van der Waals surface area contributed by atoms with Crippen LogP contribution in [0.5, 0.6) is 0 Å². The molecule has 3 rings (SSSR count). The fourth-order valence-corrected chi connectivity index (χ4v) is 2.63. The van der Waals surface area contributed by atoms with Crippen molar-refractivity contribution in [3.63, 3.8) is 0 Å². The molecule has 1 aliphatic heterocycles. The van der Waals surface area contributed by atoms with Crippen LogP contribution in [0.3, 0.4) is 0 Å². The van der Waals surface area contributed by atoms with Crippen LogP contribution in [-0.4, -0.2) is 22.8 Å². The van der Waals surface area contributed by atoms with Crippen molar-refractivity contribution in [1.82, 2.24) is 9.55 Å². The molecule has 1 saturated carbocycles. The minimum absolute atomic E-state index is 0.0856. The second kappa shape index (κ2) is 2.58. The van der Waals surface area contributed by atoms with Crippen LogP contribution in [0.4, 0.5) is 0 Å². The van der Waals surface area contributed by atoms with Gasteiger partial charge in [0.2, 0.25) is 0 Å². The molecule has 0 spiro atoms. The second-order valence-electron chi connectivity index (χ2n) is 4.56. The molecule has 0 amide bonds. The summed E-state index contributed by atoms with van der Waals surface area (Å²) < 4.78 is 7.47. The molecule has 3 atom stereocenters. The summed E-state index contributed by atoms with van der Waals surface area (Å²) in [4.78, 5) is 4.11. The number of aromatic nitrogens is 2. The highest BCUT2D eigenvalue weighted by atomic mass is 16.5. The van der Waals surface area contributed by atoms with Crippen molar-refractivity contribution in [2.75, 3.05) is 13.2 Å². The van der Waals surface area contributed by atoms with E-state index in [-0.39, 0.29) is 11.5 Å². The van der Waals surface area contributed by atoms with E-state index in [2.05, 4.69) is 4.98 Å². The van der Waals surface area contributed by atoms with Crippen molar-refractivity contribution in [3.8, 4) is 0 Å². The van der Waals surface area contributed by atoms with Crippen LogP contribution >= 0.6 is 0 Å². The van der Waals surface area contributed by atoms with Crippen molar-refractivity contribution in [1.29, 1.82) is 0 Å². The van der Waals surface area contributed by atoms with Gasteiger partial charge in [-0.15, -0.1) is 0 Å². The van der Waals surface area contributed by atoms with E-state index >= 15 is 0 Å². The molecule has 1 aromatic rings. The van der Waals surface area contributed by atoms with Gasteiger partial charge in [0.1, 0.15) is 0 Å². The van der Waals surface area contributed by atoms with Gasteiger partial charge in [0.15, 0.2) is 0 Å². The van der Waals surface area contributed by atoms with E-state index < -0.39 is 0 Å². The van der Waals surface area contributed by atoms with Crippen LogP contribution in [0.1, 0.15) is 18.2 Å². The number of fused-ring (bicyclic) bond motifs is 1. The van der Waals surface area contributed by atoms with Crippen molar-refractivity contribution in [3.05, 3.63) is 18.2 Å². The van der Waals surface area contributed by atoms with E-state index in [1.807, 2.05) is 17.8 Å². The summed E-state index contributed by atoms with van der Waals surface area (Å²) in [5.74, 6) is 0.687. The Morgan fingerprint density at radius 2 is 2.64 bits per heavy atom. The molecular weight excluding hydrogens is 178 g/mol. The average molecular weight is 193 g/mol. The molecular formula is C10H15N3O. The number of ether oxygens (including phenoxy) is 1. The van der Waals surface area contributed by atoms with Gasteiger partial charge < -0.3 is 15.0 Å². The Bertz CT molecular complexity index is 362. The van der Waals surface area contributed by atoms with Crippen LogP contribution in [-0.2, 0) is 11.8 Å². The number of hydrogen-bond acceptors (Lipinski definition) is 3. The summed E-state index contributed by atoms with van der Waals surface area (Å²) in [5, 5.41) is 0. The summed E-state index contributed by atoms with van der Waals surface area (Å²) in [7, 11) is 1.99. The lowest BCUT2D eigenvalue weighted by Gasteiger charge is -2.20. The van der Waals surface area contributed by atoms with Crippen LogP contribution in [0.15, 0.2) is 12.5 Å². The zero-order valence-electron chi connectivity index (χ0n) is 8.31. The lowest BCUT2D eigenvalue weighted by molar-refractivity contribution is 0.138. The topological polar surface area (TPSA) is 53.1 Å². The SMILES string of the molecule is Cn1cncc1C(N)C12COCC1C2. The zero-order valence-corrected chi connectivity index (χ0v) is 8.31. The Morgan fingerprint density at radius 3 is 3.14 bits per heavy atom. The molecule has 4 heteroatoms. The van der Waals surface area contributed by atoms with Crippen molar-refractivity contribution >= 4 is 0 Å². The van der Waals surface area contributed by atoms with Gasteiger partial charge in [0.25, 0.3) is 0 Å². The fraction of sp³-hybridized carbons (Fsp3) is 0.700. The molecule has 1 aromatic heterocycles. The van der Waals surface area contributed by atoms with Gasteiger partial charge in [0, 0.05) is 18.7 Å². The van der Waals surface area contributed by atoms with Gasteiger partial charge in [-0.25, -0.2) is 4.98 Å². The first kappa shape index (κ1) is 8.44. The van der Waals surface area contributed by atoms with Gasteiger partial charge in [-0.05, 0) is 12.3 Å². The summed E-state index contributed by atoms with van der Waals surface area (Å²) in [6, 6.07) is 0.0856. The van der Waals surface area contributed by atoms with E-state index in [4.69, 9.17) is 10.5 Å². The van der Waals surface area contributed by atoms with Gasteiger partial charge in [-0.3, -0.25) is 0 Å². The van der Waals surface area contributed by atoms with E-state index in [1.165, 1.54) is 6.42 Å². The first-order chi connectivity index (χ1) is 6.74. The third kappa shape index (κ3) is 0.925. The number of aryl methyl sites for hydroxylation is 1. The third-order valence-corrected chi connectivity index (χ3v) is 3.76. The van der Waals surface area contributed by atoms with E-state index in [0.717, 1.165) is 18.9 Å². The number of nitrogens with two attached hydrogens (primary N) is 1. The first-order valence-electron chi connectivity index (χ1n) is 5.03. The van der Waals surface area contributed by atoms with Crippen LogP contribution in [0.2, 0.25) is 0 Å². The average Bonchev–Trinajstić information content (AvgIpc) is 2.59. The highest BCUT2D eigenvalue weighted by molar-refractivity contribution is 5.19. The molecule has 76 valence electrons. The molecule has 4 nitrogen and oxygen atoms in total. The highest BCUT2D eigenvalue weighted by Crippen LogP contribution is 2.62. The van der Waals surface area contributed by atoms with E-state index in [0.29, 0.717) is 5.92 Å². The molecule has 3 unspecified atom stereocenters. The largest absolute Gasteiger partial charge is 0.380 e. The quantitative estimate of drug-likeness (QED) is 0.742. The predicted molar refractivity (Wildman–Crippen MR) is 51.5 cm³/mol. The molecule has 2 aliphatic rings. The minimum Gasteiger partial charge on any atom is -0.380 e. The van der Waals surface area contributed by atoms with Crippen LogP contribution < -0.4 is 5.73 Å². The Balaban J connectivity index is 1.90. The standard InChI is InChI=1S/C10H15N3O/c1-13-6-12-3-8(13)9(11)10-2-7(10)4-14-5-10/h3,6-7,9H,2,4-5,11H2,1H3. The Morgan fingerprint density at radius 1 is 1.79 bits per heavy atom. The Labute approximate surface area is 83.1 Å². The highest BCUT2D eigenvalue weighted by Gasteiger charge is 2.62. The summed E-state index contributed by atoms with van der Waals surface area (Å²) in [6.45, 7) is 1.72. The molecule has 0 radical (unpaired) electrons. The normalized spacial score (nSPS) is 36.9. The van der Waals surface area contributed by atoms with Crippen molar-refractivity contribution in [2.24, 2.45) is 24.1 Å². The summed E-state index contributed by atoms with van der Waals surface area (Å²) in [5.41, 5.74) is 7.63. The molecule has 0 bridgehead atoms. The smallest absolute Gasteiger partial charge is 0.0946 e. The zero-order chi connectivity index (χ0) is 9.76. The lowest BCUT2D eigenvalue weighted by atomic mass is 9.94. The maximum atomic E-state index is 6.28. The lowest BCUT2D eigenvalue weighted by Crippen LogP contribution is -2.27. The number of nitrogens with zero attached hydrogens (tertiary/aromatic N) is 2. The first-order valence-corrected chi connectivity index (χ1v) is 5.03. The van der Waals surface area contributed by atoms with E-state index in [9.17, 15) is 0 Å². The van der Waals surface area contributed by atoms with Crippen LogP contribution in [0, 0.1) is 11.3 Å². The number of hydrogen-bond donors (Lipinski definition) is 1. The molecule has 2 heterocycles. The molecule has 0 aromatic carbocycles. The van der Waals surface area contributed by atoms with Gasteiger partial charge >= 0.3 is 0 Å². The van der Waals surface area contributed by atoms with Crippen LogP contribution in [0.25, 0.3) is 0 Å². The summed E-state index contributed by atoms with van der Waals surface area (Å²) >= 11 is 0. The minimum atomic E-state index is 0.0856. The second-order valence-corrected chi connectivity index (χ2v) is 4.56. The molecule has 2 fully saturated rings. The van der Waals surface area contributed by atoms with Crippen molar-refractivity contribution < 1.29 is 4.74 Å². The number of rotatable bonds is 2. The third-order valence-electron chi connectivity index (χ3n) is 3.76. The van der Waals surface area contributed by atoms with Gasteiger partial charge in [0.05, 0.1) is 31.3 Å². The maximum Gasteiger partial charge on any atom is 0.0946 e. The fourth-order valence-electron chi connectivity index (χ4n) is 2.63. The van der Waals surface area contributed by atoms with Gasteiger partial charge in [-0.2, -0.15) is 0 Å². The summed E-state index contributed by atoms with van der Waals surface area (Å²) in [6.07, 6.45) is 4.89. The molecule has 1 aliphatic carbocycles. The molecule has 2 N–H and O–H groups in total. The monoisotopic (exact) mass is 193 g/mol. The molecule has 1 saturated heterocycles. The Hall–Kier alpha value is -0.870. The molecule has 14 heavy (non-hydrogen) atoms. The predicted octanol–water partition coefficient (Wildman–Crippen LogP) is 0.456. The number of imidazole rings is 1. The van der Waals surface area contributed by atoms with Crippen molar-refractivity contribution in [2.45, 2.75) is 12.5 Å². The van der Waals surface area contributed by atoms with Gasteiger partial charge in [-0.1, -0.05) is 0 Å². The van der Waals surface area contributed by atoms with E-state index in [1.54, 1.807) is 6.33 Å². The Kier molecular flexibility index (Phi) is 1.56. The maximum absolute atomic E-state index is 6.28.